The molecule has 0 atom stereocenters. The third-order valence-electron chi connectivity index (χ3n) is 2.81. The summed E-state index contributed by atoms with van der Waals surface area (Å²) in [5, 5.41) is 2.71. The number of amides is 1. The second-order valence-corrected chi connectivity index (χ2v) is 5.67. The number of alkyl halides is 3. The fourth-order valence-corrected chi connectivity index (χ4v) is 2.23. The Balaban J connectivity index is 2.11. The minimum atomic E-state index is -4.51. The van der Waals surface area contributed by atoms with Crippen molar-refractivity contribution in [1.82, 2.24) is 4.98 Å². The van der Waals surface area contributed by atoms with Crippen LogP contribution in [0.3, 0.4) is 0 Å². The van der Waals surface area contributed by atoms with Gasteiger partial charge < -0.3 is 10.1 Å². The van der Waals surface area contributed by atoms with Crippen LogP contribution in [0.4, 0.5) is 18.9 Å². The Morgan fingerprint density at radius 3 is 2.54 bits per heavy atom. The molecule has 1 N–H and O–H groups in total. The molecule has 9 heteroatoms. The van der Waals surface area contributed by atoms with Gasteiger partial charge in [-0.1, -0.05) is 29.3 Å². The highest BCUT2D eigenvalue weighted by molar-refractivity contribution is 6.34. The Morgan fingerprint density at radius 1 is 1.25 bits per heavy atom. The minimum absolute atomic E-state index is 0.0519. The highest BCUT2D eigenvalue weighted by atomic mass is 35.5. The normalized spacial score (nSPS) is 11.2. The molecule has 0 saturated heterocycles. The first-order chi connectivity index (χ1) is 11.2. The van der Waals surface area contributed by atoms with Crippen molar-refractivity contribution in [3.63, 3.8) is 0 Å². The number of nitrogens with zero attached hydrogens (tertiary/aromatic N) is 1. The van der Waals surface area contributed by atoms with E-state index in [0.717, 1.165) is 17.8 Å². The van der Waals surface area contributed by atoms with Crippen LogP contribution in [-0.4, -0.2) is 23.7 Å². The standard InChI is InChI=1S/C15H11Cl2F3N2O2/c1-8-2-3-12(10(16)4-8)22-13(23)9-5-11(17)14(21-6-9)24-7-15(18,19)20/h2-6H,7H2,1H3,(H,22,23). The molecule has 0 aliphatic rings. The maximum atomic E-state index is 12.1. The SMILES string of the molecule is Cc1ccc(NC(=O)c2cnc(OCC(F)(F)F)c(Cl)c2)c(Cl)c1. The molecule has 2 rings (SSSR count). The number of pyridine rings is 1. The van der Waals surface area contributed by atoms with Crippen molar-refractivity contribution in [1.29, 1.82) is 0 Å². The summed E-state index contributed by atoms with van der Waals surface area (Å²) in [6.45, 7) is 0.324. The largest absolute Gasteiger partial charge is 0.467 e. The van der Waals surface area contributed by atoms with Crippen molar-refractivity contribution in [3.8, 4) is 5.88 Å². The van der Waals surface area contributed by atoms with E-state index < -0.39 is 24.6 Å². The molecule has 0 saturated carbocycles. The number of carbonyl (C=O) groups is 1. The van der Waals surface area contributed by atoms with Gasteiger partial charge in [0.2, 0.25) is 5.88 Å². The summed E-state index contributed by atoms with van der Waals surface area (Å²) >= 11 is 11.8. The van der Waals surface area contributed by atoms with Crippen molar-refractivity contribution in [2.45, 2.75) is 13.1 Å². The van der Waals surface area contributed by atoms with Crippen molar-refractivity contribution in [2.75, 3.05) is 11.9 Å². The molecule has 0 aliphatic heterocycles. The molecular weight excluding hydrogens is 368 g/mol. The third-order valence-corrected chi connectivity index (χ3v) is 3.40. The van der Waals surface area contributed by atoms with Gasteiger partial charge in [-0.15, -0.1) is 0 Å². The molecule has 1 aromatic heterocycles. The van der Waals surface area contributed by atoms with Crippen LogP contribution in [0.1, 0.15) is 15.9 Å². The lowest BCUT2D eigenvalue weighted by Crippen LogP contribution is -2.20. The van der Waals surface area contributed by atoms with Gasteiger partial charge in [0.1, 0.15) is 5.02 Å². The molecule has 0 radical (unpaired) electrons. The molecule has 1 aromatic carbocycles. The van der Waals surface area contributed by atoms with E-state index in [9.17, 15) is 18.0 Å². The number of hydrogen-bond acceptors (Lipinski definition) is 3. The number of carbonyl (C=O) groups excluding carboxylic acids is 1. The lowest BCUT2D eigenvalue weighted by molar-refractivity contribution is -0.154. The van der Waals surface area contributed by atoms with Crippen LogP contribution in [0.25, 0.3) is 0 Å². The molecule has 0 fully saturated rings. The zero-order chi connectivity index (χ0) is 17.9. The Morgan fingerprint density at radius 2 is 1.96 bits per heavy atom. The van der Waals surface area contributed by atoms with Gasteiger partial charge >= 0.3 is 6.18 Å². The fraction of sp³-hybridized carbons (Fsp3) is 0.200. The summed E-state index contributed by atoms with van der Waals surface area (Å²) in [7, 11) is 0. The second-order valence-electron chi connectivity index (χ2n) is 4.85. The lowest BCUT2D eigenvalue weighted by atomic mass is 10.2. The average Bonchev–Trinajstić information content (AvgIpc) is 2.47. The van der Waals surface area contributed by atoms with Crippen LogP contribution in [0.15, 0.2) is 30.5 Å². The van der Waals surface area contributed by atoms with E-state index in [2.05, 4.69) is 15.0 Å². The maximum absolute atomic E-state index is 12.1. The van der Waals surface area contributed by atoms with E-state index in [-0.39, 0.29) is 10.6 Å². The Hall–Kier alpha value is -1.99. The summed E-state index contributed by atoms with van der Waals surface area (Å²) in [6.07, 6.45) is -3.45. The molecule has 128 valence electrons. The van der Waals surface area contributed by atoms with Crippen LogP contribution in [0, 0.1) is 6.92 Å². The Kier molecular flexibility index (Phi) is 5.56. The topological polar surface area (TPSA) is 51.2 Å². The van der Waals surface area contributed by atoms with Gasteiger partial charge in [0.05, 0.1) is 16.3 Å². The molecule has 1 heterocycles. The number of hydrogen-bond donors (Lipinski definition) is 1. The Bertz CT molecular complexity index is 767. The summed E-state index contributed by atoms with van der Waals surface area (Å²) in [5.74, 6) is -0.962. The van der Waals surface area contributed by atoms with Crippen molar-refractivity contribution in [3.05, 3.63) is 51.6 Å². The van der Waals surface area contributed by atoms with E-state index in [1.807, 2.05) is 6.92 Å². The fourth-order valence-electron chi connectivity index (χ4n) is 1.72. The van der Waals surface area contributed by atoms with Crippen LogP contribution >= 0.6 is 23.2 Å². The third kappa shape index (κ3) is 5.01. The highest BCUT2D eigenvalue weighted by Gasteiger charge is 2.29. The molecule has 0 spiro atoms. The molecule has 1 amide bonds. The number of halogens is 5. The molecular formula is C15H11Cl2F3N2O2. The number of rotatable bonds is 4. The van der Waals surface area contributed by atoms with Gasteiger partial charge in [-0.3, -0.25) is 4.79 Å². The number of aryl methyl sites for hydroxylation is 1. The van der Waals surface area contributed by atoms with Crippen LogP contribution < -0.4 is 10.1 Å². The van der Waals surface area contributed by atoms with E-state index in [4.69, 9.17) is 23.2 Å². The Labute approximate surface area is 145 Å². The predicted molar refractivity (Wildman–Crippen MR) is 84.9 cm³/mol. The quantitative estimate of drug-likeness (QED) is 0.823. The van der Waals surface area contributed by atoms with Crippen molar-refractivity contribution < 1.29 is 22.7 Å². The summed E-state index contributed by atoms with van der Waals surface area (Å²) < 4.78 is 40.8. The number of nitrogens with one attached hydrogen (secondary N) is 1. The molecule has 0 unspecified atom stereocenters. The maximum Gasteiger partial charge on any atom is 0.422 e. The molecule has 2 aromatic rings. The first kappa shape index (κ1) is 18.4. The minimum Gasteiger partial charge on any atom is -0.467 e. The second kappa shape index (κ2) is 7.27. The van der Waals surface area contributed by atoms with Crippen LogP contribution in [0.5, 0.6) is 5.88 Å². The summed E-state index contributed by atoms with van der Waals surface area (Å²) in [5.41, 5.74) is 1.37. The summed E-state index contributed by atoms with van der Waals surface area (Å²) in [4.78, 5) is 15.8. The number of anilines is 1. The van der Waals surface area contributed by atoms with E-state index in [1.165, 1.54) is 0 Å². The first-order valence-corrected chi connectivity index (χ1v) is 7.34. The van der Waals surface area contributed by atoms with E-state index >= 15 is 0 Å². The van der Waals surface area contributed by atoms with Crippen LogP contribution in [0.2, 0.25) is 10.0 Å². The van der Waals surface area contributed by atoms with Gasteiger partial charge in [0.25, 0.3) is 5.91 Å². The van der Waals surface area contributed by atoms with Gasteiger partial charge in [-0.2, -0.15) is 13.2 Å². The molecule has 4 nitrogen and oxygen atoms in total. The van der Waals surface area contributed by atoms with E-state index in [1.54, 1.807) is 18.2 Å². The molecule has 0 aliphatic carbocycles. The predicted octanol–water partition coefficient (Wildman–Crippen LogP) is 4.89. The number of ether oxygens (including phenoxy) is 1. The monoisotopic (exact) mass is 378 g/mol. The molecule has 0 bridgehead atoms. The van der Waals surface area contributed by atoms with Gasteiger partial charge in [-0.05, 0) is 30.7 Å². The smallest absolute Gasteiger partial charge is 0.422 e. The van der Waals surface area contributed by atoms with E-state index in [0.29, 0.717) is 10.7 Å². The number of aromatic nitrogens is 1. The molecule has 24 heavy (non-hydrogen) atoms. The van der Waals surface area contributed by atoms with Gasteiger partial charge in [0, 0.05) is 6.20 Å². The van der Waals surface area contributed by atoms with Crippen molar-refractivity contribution in [2.24, 2.45) is 0 Å². The van der Waals surface area contributed by atoms with Gasteiger partial charge in [-0.25, -0.2) is 4.98 Å². The first-order valence-electron chi connectivity index (χ1n) is 6.58. The summed E-state index contributed by atoms with van der Waals surface area (Å²) in [6, 6.07) is 6.24. The average molecular weight is 379 g/mol. The van der Waals surface area contributed by atoms with Crippen molar-refractivity contribution >= 4 is 34.8 Å². The highest BCUT2D eigenvalue weighted by Crippen LogP contribution is 2.26. The lowest BCUT2D eigenvalue weighted by Gasteiger charge is -2.11. The van der Waals surface area contributed by atoms with Gasteiger partial charge in [0.15, 0.2) is 6.61 Å². The zero-order valence-electron chi connectivity index (χ0n) is 12.2. The zero-order valence-corrected chi connectivity index (χ0v) is 13.8. The number of benzene rings is 1. The van der Waals surface area contributed by atoms with Crippen LogP contribution in [-0.2, 0) is 0 Å².